The lowest BCUT2D eigenvalue weighted by atomic mass is 9.84. The molecule has 0 aromatic carbocycles. The first-order valence-corrected chi connectivity index (χ1v) is 9.05. The molecule has 0 aromatic rings. The van der Waals surface area contributed by atoms with E-state index in [1.807, 2.05) is 0 Å². The molecule has 0 aromatic heterocycles. The van der Waals surface area contributed by atoms with Crippen LogP contribution >= 0.6 is 0 Å². The molecule has 2 aliphatic carbocycles. The number of rotatable bonds is 9. The van der Waals surface area contributed by atoms with Gasteiger partial charge in [-0.2, -0.15) is 0 Å². The minimum atomic E-state index is 0.0310. The van der Waals surface area contributed by atoms with Crippen LogP contribution in [-0.2, 0) is 0 Å². The lowest BCUT2D eigenvalue weighted by molar-refractivity contribution is 0.106. The topological polar surface area (TPSA) is 35.5 Å². The number of hydrogen-bond donors (Lipinski definition) is 2. The van der Waals surface area contributed by atoms with Crippen LogP contribution in [0.3, 0.4) is 0 Å². The maximum Gasteiger partial charge on any atom is 0.0616 e. The highest BCUT2D eigenvalue weighted by atomic mass is 16.3. The monoisotopic (exact) mass is 296 g/mol. The van der Waals surface area contributed by atoms with Crippen molar-refractivity contribution in [2.45, 2.75) is 83.3 Å². The fourth-order valence-corrected chi connectivity index (χ4v) is 4.09. The van der Waals surface area contributed by atoms with E-state index in [-0.39, 0.29) is 5.54 Å². The van der Waals surface area contributed by atoms with Crippen LogP contribution in [-0.4, -0.2) is 47.8 Å². The number of nitrogens with zero attached hydrogens (tertiary/aromatic N) is 1. The van der Waals surface area contributed by atoms with E-state index in [4.69, 9.17) is 0 Å². The summed E-state index contributed by atoms with van der Waals surface area (Å²) in [7, 11) is 2.26. The lowest BCUT2D eigenvalue weighted by Crippen LogP contribution is -2.53. The van der Waals surface area contributed by atoms with Gasteiger partial charge in [0.2, 0.25) is 0 Å². The molecule has 21 heavy (non-hydrogen) atoms. The molecule has 2 rings (SSSR count). The van der Waals surface area contributed by atoms with Gasteiger partial charge in [-0.1, -0.05) is 20.3 Å². The molecule has 2 aliphatic rings. The van der Waals surface area contributed by atoms with Gasteiger partial charge in [0, 0.05) is 17.6 Å². The van der Waals surface area contributed by atoms with Crippen molar-refractivity contribution < 1.29 is 5.11 Å². The maximum atomic E-state index is 9.98. The second kappa shape index (κ2) is 7.43. The van der Waals surface area contributed by atoms with Gasteiger partial charge in [-0.15, -0.1) is 0 Å². The molecule has 124 valence electrons. The average molecular weight is 296 g/mol. The minimum Gasteiger partial charge on any atom is -0.394 e. The number of aliphatic hydroxyl groups excluding tert-OH is 1. The van der Waals surface area contributed by atoms with E-state index >= 15 is 0 Å². The van der Waals surface area contributed by atoms with Crippen LogP contribution in [0, 0.1) is 11.8 Å². The van der Waals surface area contributed by atoms with Gasteiger partial charge in [-0.05, 0) is 70.9 Å². The third-order valence-electron chi connectivity index (χ3n) is 5.70. The Labute approximate surface area is 131 Å². The fraction of sp³-hybridized carbons (Fsp3) is 1.00. The zero-order valence-corrected chi connectivity index (χ0v) is 14.6. The van der Waals surface area contributed by atoms with Gasteiger partial charge in [0.1, 0.15) is 0 Å². The van der Waals surface area contributed by atoms with Crippen molar-refractivity contribution in [3.05, 3.63) is 0 Å². The van der Waals surface area contributed by atoms with Crippen LogP contribution in [0.1, 0.15) is 65.7 Å². The summed E-state index contributed by atoms with van der Waals surface area (Å²) in [6.07, 6.45) is 8.82. The Bertz CT molecular complexity index is 316. The lowest BCUT2D eigenvalue weighted by Gasteiger charge is -2.37. The smallest absolute Gasteiger partial charge is 0.0616 e. The summed E-state index contributed by atoms with van der Waals surface area (Å²) in [5, 5.41) is 13.8. The summed E-state index contributed by atoms with van der Waals surface area (Å²) < 4.78 is 0. The van der Waals surface area contributed by atoms with Crippen molar-refractivity contribution in [1.82, 2.24) is 10.2 Å². The third-order valence-corrected chi connectivity index (χ3v) is 5.70. The first kappa shape index (κ1) is 17.2. The zero-order chi connectivity index (χ0) is 15.5. The number of aliphatic hydroxyl groups is 1. The van der Waals surface area contributed by atoms with E-state index in [0.29, 0.717) is 24.6 Å². The van der Waals surface area contributed by atoms with Crippen LogP contribution < -0.4 is 5.32 Å². The van der Waals surface area contributed by atoms with Gasteiger partial charge < -0.3 is 15.3 Å². The van der Waals surface area contributed by atoms with Gasteiger partial charge >= 0.3 is 0 Å². The van der Waals surface area contributed by atoms with Crippen molar-refractivity contribution in [2.24, 2.45) is 11.8 Å². The summed E-state index contributed by atoms with van der Waals surface area (Å²) in [5.41, 5.74) is 0.0310. The van der Waals surface area contributed by atoms with Gasteiger partial charge in [0.25, 0.3) is 0 Å². The minimum absolute atomic E-state index is 0.0310. The molecule has 3 nitrogen and oxygen atoms in total. The van der Waals surface area contributed by atoms with Gasteiger partial charge in [-0.25, -0.2) is 0 Å². The van der Waals surface area contributed by atoms with Gasteiger partial charge in [0.05, 0.1) is 6.61 Å². The summed E-state index contributed by atoms with van der Waals surface area (Å²) >= 11 is 0. The van der Waals surface area contributed by atoms with Crippen LogP contribution in [0.4, 0.5) is 0 Å². The molecule has 2 saturated carbocycles. The molecule has 0 radical (unpaired) electrons. The Balaban J connectivity index is 1.82. The predicted octanol–water partition coefficient (Wildman–Crippen LogP) is 3.03. The zero-order valence-electron chi connectivity index (χ0n) is 14.6. The van der Waals surface area contributed by atoms with Gasteiger partial charge in [0.15, 0.2) is 0 Å². The molecule has 0 spiro atoms. The van der Waals surface area contributed by atoms with Crippen LogP contribution in [0.15, 0.2) is 0 Å². The Morgan fingerprint density at radius 1 is 1.24 bits per heavy atom. The Morgan fingerprint density at radius 3 is 2.52 bits per heavy atom. The van der Waals surface area contributed by atoms with Crippen molar-refractivity contribution in [2.75, 3.05) is 20.2 Å². The standard InChI is InChI=1S/C18H36N2O/c1-14(2)12-15(3)20(4)11-9-16-6-5-10-18(16,13-21)19-17-7-8-17/h14-17,19,21H,5-13H2,1-4H3. The molecule has 0 amide bonds. The molecule has 3 atom stereocenters. The highest BCUT2D eigenvalue weighted by molar-refractivity contribution is 5.03. The number of hydrogen-bond acceptors (Lipinski definition) is 3. The van der Waals surface area contributed by atoms with Crippen molar-refractivity contribution in [1.29, 1.82) is 0 Å². The quantitative estimate of drug-likeness (QED) is 0.686. The maximum absolute atomic E-state index is 9.98. The highest BCUT2D eigenvalue weighted by Gasteiger charge is 2.44. The molecule has 3 heteroatoms. The van der Waals surface area contributed by atoms with Crippen molar-refractivity contribution >= 4 is 0 Å². The van der Waals surface area contributed by atoms with E-state index in [2.05, 4.69) is 38.0 Å². The molecule has 3 unspecified atom stereocenters. The Kier molecular flexibility index (Phi) is 6.10. The predicted molar refractivity (Wildman–Crippen MR) is 89.5 cm³/mol. The summed E-state index contributed by atoms with van der Waals surface area (Å²) in [5.74, 6) is 1.42. The van der Waals surface area contributed by atoms with Crippen molar-refractivity contribution in [3.63, 3.8) is 0 Å². The van der Waals surface area contributed by atoms with E-state index in [1.165, 1.54) is 38.5 Å². The van der Waals surface area contributed by atoms with Crippen molar-refractivity contribution in [3.8, 4) is 0 Å². The normalized spacial score (nSPS) is 31.3. The van der Waals surface area contributed by atoms with Gasteiger partial charge in [-0.3, -0.25) is 0 Å². The molecule has 0 saturated heterocycles. The summed E-state index contributed by atoms with van der Waals surface area (Å²) in [6, 6.07) is 1.35. The molecule has 2 fully saturated rings. The Morgan fingerprint density at radius 2 is 1.95 bits per heavy atom. The van der Waals surface area contributed by atoms with E-state index < -0.39 is 0 Å². The molecule has 0 heterocycles. The molecular formula is C18H36N2O. The molecule has 0 bridgehead atoms. The fourth-order valence-electron chi connectivity index (χ4n) is 4.09. The van der Waals surface area contributed by atoms with Crippen LogP contribution in [0.25, 0.3) is 0 Å². The molecular weight excluding hydrogens is 260 g/mol. The van der Waals surface area contributed by atoms with Crippen LogP contribution in [0.5, 0.6) is 0 Å². The third kappa shape index (κ3) is 4.67. The number of nitrogens with one attached hydrogen (secondary N) is 1. The highest BCUT2D eigenvalue weighted by Crippen LogP contribution is 2.40. The second-order valence-electron chi connectivity index (χ2n) is 8.07. The SMILES string of the molecule is CC(C)CC(C)N(C)CCC1CCCC1(CO)NC1CC1. The summed E-state index contributed by atoms with van der Waals surface area (Å²) in [4.78, 5) is 2.51. The Hall–Kier alpha value is -0.120. The first-order valence-electron chi connectivity index (χ1n) is 9.05. The molecule has 2 N–H and O–H groups in total. The molecule has 0 aliphatic heterocycles. The first-order chi connectivity index (χ1) is 9.97. The van der Waals surface area contributed by atoms with E-state index in [1.54, 1.807) is 0 Å². The largest absolute Gasteiger partial charge is 0.394 e. The van der Waals surface area contributed by atoms with E-state index in [9.17, 15) is 5.11 Å². The van der Waals surface area contributed by atoms with Crippen LogP contribution in [0.2, 0.25) is 0 Å². The van der Waals surface area contributed by atoms with E-state index in [0.717, 1.165) is 18.9 Å². The second-order valence-corrected chi connectivity index (χ2v) is 8.07. The average Bonchev–Trinajstić information content (AvgIpc) is 3.15. The summed E-state index contributed by atoms with van der Waals surface area (Å²) in [6.45, 7) is 8.43.